The van der Waals surface area contributed by atoms with E-state index >= 15 is 0 Å². The van der Waals surface area contributed by atoms with Crippen molar-refractivity contribution in [3.8, 4) is 22.0 Å². The van der Waals surface area contributed by atoms with Gasteiger partial charge in [0.05, 0.1) is 5.69 Å². The standard InChI is InChI=1S/C18H15ClN4S3/c1-2-23-16(12-3-5-14(19)6-4-12)21-22-18(23)26-11-15-10-25-17(20-15)13-7-8-24-9-13/h3-10H,2,11H2,1H3. The molecule has 0 unspecified atom stereocenters. The third-order valence-corrected chi connectivity index (χ3v) is 6.68. The van der Waals surface area contributed by atoms with Gasteiger partial charge < -0.3 is 4.57 Å². The normalized spacial score (nSPS) is 11.2. The molecular formula is C18H15ClN4S3. The molecule has 4 nitrogen and oxygen atoms in total. The van der Waals surface area contributed by atoms with E-state index in [9.17, 15) is 0 Å². The molecule has 8 heteroatoms. The first-order valence-corrected chi connectivity index (χ1v) is 11.2. The van der Waals surface area contributed by atoms with Gasteiger partial charge in [-0.3, -0.25) is 0 Å². The minimum Gasteiger partial charge on any atom is -0.302 e. The lowest BCUT2D eigenvalue weighted by molar-refractivity contribution is 0.687. The van der Waals surface area contributed by atoms with Gasteiger partial charge in [-0.2, -0.15) is 11.3 Å². The Hall–Kier alpha value is -1.67. The Morgan fingerprint density at radius 3 is 2.65 bits per heavy atom. The number of benzene rings is 1. The molecule has 0 radical (unpaired) electrons. The molecule has 3 heterocycles. The summed E-state index contributed by atoms with van der Waals surface area (Å²) in [5.74, 6) is 1.64. The smallest absolute Gasteiger partial charge is 0.191 e. The molecule has 0 aliphatic heterocycles. The lowest BCUT2D eigenvalue weighted by Crippen LogP contribution is -1.99. The van der Waals surface area contributed by atoms with Crippen LogP contribution in [0.15, 0.2) is 51.6 Å². The highest BCUT2D eigenvalue weighted by molar-refractivity contribution is 7.98. The number of thiazole rings is 1. The van der Waals surface area contributed by atoms with Crippen LogP contribution in [0, 0.1) is 0 Å². The Morgan fingerprint density at radius 1 is 1.08 bits per heavy atom. The predicted molar refractivity (Wildman–Crippen MR) is 111 cm³/mol. The summed E-state index contributed by atoms with van der Waals surface area (Å²) in [5.41, 5.74) is 3.28. The van der Waals surface area contributed by atoms with Crippen LogP contribution in [-0.2, 0) is 12.3 Å². The maximum absolute atomic E-state index is 5.98. The van der Waals surface area contributed by atoms with Gasteiger partial charge in [-0.25, -0.2) is 4.98 Å². The molecular weight excluding hydrogens is 404 g/mol. The average Bonchev–Trinajstić information content (AvgIpc) is 3.40. The Balaban J connectivity index is 1.51. The number of hydrogen-bond acceptors (Lipinski definition) is 6. The highest BCUT2D eigenvalue weighted by Gasteiger charge is 2.14. The van der Waals surface area contributed by atoms with Gasteiger partial charge >= 0.3 is 0 Å². The van der Waals surface area contributed by atoms with E-state index in [0.717, 1.165) is 44.6 Å². The molecule has 0 N–H and O–H groups in total. The van der Waals surface area contributed by atoms with E-state index < -0.39 is 0 Å². The van der Waals surface area contributed by atoms with Crippen LogP contribution in [0.1, 0.15) is 12.6 Å². The summed E-state index contributed by atoms with van der Waals surface area (Å²) in [7, 11) is 0. The Morgan fingerprint density at radius 2 is 1.92 bits per heavy atom. The first-order chi connectivity index (χ1) is 12.7. The summed E-state index contributed by atoms with van der Waals surface area (Å²) < 4.78 is 2.13. The number of nitrogens with zero attached hydrogens (tertiary/aromatic N) is 4. The second-order valence-electron chi connectivity index (χ2n) is 5.50. The first kappa shape index (κ1) is 17.7. The molecule has 0 bridgehead atoms. The third kappa shape index (κ3) is 3.71. The summed E-state index contributed by atoms with van der Waals surface area (Å²) >= 11 is 11.0. The van der Waals surface area contributed by atoms with Crippen molar-refractivity contribution < 1.29 is 0 Å². The molecule has 3 aromatic heterocycles. The molecule has 0 saturated heterocycles. The molecule has 1 aromatic carbocycles. The summed E-state index contributed by atoms with van der Waals surface area (Å²) in [6, 6.07) is 9.80. The molecule has 0 aliphatic carbocycles. The van der Waals surface area contributed by atoms with Gasteiger partial charge in [0.2, 0.25) is 0 Å². The minimum absolute atomic E-state index is 0.718. The highest BCUT2D eigenvalue weighted by Crippen LogP contribution is 2.30. The lowest BCUT2D eigenvalue weighted by Gasteiger charge is -2.07. The second kappa shape index (κ2) is 7.92. The molecule has 0 fully saturated rings. The van der Waals surface area contributed by atoms with Gasteiger partial charge in [0, 0.05) is 39.2 Å². The summed E-state index contributed by atoms with van der Waals surface area (Å²) in [4.78, 5) is 4.73. The van der Waals surface area contributed by atoms with Crippen molar-refractivity contribution in [3.63, 3.8) is 0 Å². The fourth-order valence-corrected chi connectivity index (χ4v) is 5.18. The van der Waals surface area contributed by atoms with E-state index in [-0.39, 0.29) is 0 Å². The van der Waals surface area contributed by atoms with Gasteiger partial charge in [-0.15, -0.1) is 21.5 Å². The van der Waals surface area contributed by atoms with Crippen LogP contribution in [0.2, 0.25) is 5.02 Å². The van der Waals surface area contributed by atoms with E-state index in [4.69, 9.17) is 16.6 Å². The van der Waals surface area contributed by atoms with Crippen LogP contribution < -0.4 is 0 Å². The molecule has 0 aliphatic rings. The van der Waals surface area contributed by atoms with Gasteiger partial charge in [-0.05, 0) is 42.6 Å². The predicted octanol–water partition coefficient (Wildman–Crippen LogP) is 6.10. The zero-order chi connectivity index (χ0) is 17.9. The van der Waals surface area contributed by atoms with Crippen LogP contribution in [0.25, 0.3) is 22.0 Å². The van der Waals surface area contributed by atoms with E-state index in [2.05, 4.69) is 43.9 Å². The number of hydrogen-bond donors (Lipinski definition) is 0. The molecule has 0 atom stereocenters. The number of halogens is 1. The molecule has 4 aromatic rings. The quantitative estimate of drug-likeness (QED) is 0.355. The van der Waals surface area contributed by atoms with Crippen molar-refractivity contribution in [3.05, 3.63) is 57.2 Å². The minimum atomic E-state index is 0.718. The fraction of sp³-hybridized carbons (Fsp3) is 0.167. The highest BCUT2D eigenvalue weighted by atomic mass is 35.5. The van der Waals surface area contributed by atoms with E-state index in [1.807, 2.05) is 24.3 Å². The van der Waals surface area contributed by atoms with Crippen LogP contribution in [0.4, 0.5) is 0 Å². The fourth-order valence-electron chi connectivity index (χ4n) is 2.52. The average molecular weight is 419 g/mol. The number of thioether (sulfide) groups is 1. The summed E-state index contributed by atoms with van der Waals surface area (Å²) in [6.07, 6.45) is 0. The van der Waals surface area contributed by atoms with Gasteiger partial charge in [0.15, 0.2) is 11.0 Å². The second-order valence-corrected chi connectivity index (χ2v) is 8.52. The molecule has 0 amide bonds. The first-order valence-electron chi connectivity index (χ1n) is 8.03. The van der Waals surface area contributed by atoms with Crippen molar-refractivity contribution in [1.29, 1.82) is 0 Å². The van der Waals surface area contributed by atoms with Crippen molar-refractivity contribution in [2.75, 3.05) is 0 Å². The molecule has 4 rings (SSSR count). The van der Waals surface area contributed by atoms with Crippen molar-refractivity contribution in [2.45, 2.75) is 24.4 Å². The van der Waals surface area contributed by atoms with E-state index in [1.54, 1.807) is 34.4 Å². The Labute approximate surface area is 168 Å². The maximum atomic E-state index is 5.98. The molecule has 26 heavy (non-hydrogen) atoms. The summed E-state index contributed by atoms with van der Waals surface area (Å²) in [6.45, 7) is 2.91. The van der Waals surface area contributed by atoms with Gasteiger partial charge in [0.25, 0.3) is 0 Å². The molecule has 0 spiro atoms. The molecule has 0 saturated carbocycles. The van der Waals surface area contributed by atoms with Crippen LogP contribution in [-0.4, -0.2) is 19.7 Å². The lowest BCUT2D eigenvalue weighted by atomic mass is 10.2. The monoisotopic (exact) mass is 418 g/mol. The van der Waals surface area contributed by atoms with Gasteiger partial charge in [0.1, 0.15) is 5.01 Å². The zero-order valence-electron chi connectivity index (χ0n) is 13.9. The van der Waals surface area contributed by atoms with Crippen LogP contribution in [0.5, 0.6) is 0 Å². The Bertz CT molecular complexity index is 990. The van der Waals surface area contributed by atoms with Crippen LogP contribution >= 0.6 is 46.0 Å². The zero-order valence-corrected chi connectivity index (χ0v) is 17.1. The summed E-state index contributed by atoms with van der Waals surface area (Å²) in [5, 5.41) is 17.8. The van der Waals surface area contributed by atoms with Gasteiger partial charge in [-0.1, -0.05) is 23.4 Å². The molecule has 132 valence electrons. The number of thiophene rings is 1. The third-order valence-electron chi connectivity index (χ3n) is 3.80. The maximum Gasteiger partial charge on any atom is 0.191 e. The van der Waals surface area contributed by atoms with E-state index in [0.29, 0.717) is 0 Å². The van der Waals surface area contributed by atoms with Crippen molar-refractivity contribution >= 4 is 46.0 Å². The SMILES string of the molecule is CCn1c(SCc2csc(-c3ccsc3)n2)nnc1-c1ccc(Cl)cc1. The topological polar surface area (TPSA) is 43.6 Å². The number of rotatable bonds is 6. The van der Waals surface area contributed by atoms with Crippen molar-refractivity contribution in [2.24, 2.45) is 0 Å². The van der Waals surface area contributed by atoms with Crippen molar-refractivity contribution in [1.82, 2.24) is 19.7 Å². The van der Waals surface area contributed by atoms with Crippen LogP contribution in [0.3, 0.4) is 0 Å². The number of aromatic nitrogens is 4. The van der Waals surface area contributed by atoms with E-state index in [1.165, 1.54) is 5.56 Å². The Kier molecular flexibility index (Phi) is 5.40. The largest absolute Gasteiger partial charge is 0.302 e.